The number of carbonyl (C=O) groups is 2. The summed E-state index contributed by atoms with van der Waals surface area (Å²) in [7, 11) is 2.90. The molecule has 0 saturated carbocycles. The number of furan rings is 1. The summed E-state index contributed by atoms with van der Waals surface area (Å²) in [6.45, 7) is 1.90. The molecule has 1 atom stereocenters. The molecule has 0 bridgehead atoms. The van der Waals surface area contributed by atoms with E-state index in [4.69, 9.17) is 23.6 Å². The lowest BCUT2D eigenvalue weighted by molar-refractivity contribution is -0.138. The monoisotopic (exact) mass is 620 g/mol. The van der Waals surface area contributed by atoms with Gasteiger partial charge in [0.25, 0.3) is 5.56 Å². The summed E-state index contributed by atoms with van der Waals surface area (Å²) in [5, 5.41) is 0. The molecule has 0 radical (unpaired) electrons. The Morgan fingerprint density at radius 2 is 1.69 bits per heavy atom. The highest BCUT2D eigenvalue weighted by atomic mass is 32.1. The maximum absolute atomic E-state index is 14.1. The van der Waals surface area contributed by atoms with Crippen LogP contribution in [0.2, 0.25) is 0 Å². The van der Waals surface area contributed by atoms with Crippen molar-refractivity contribution in [3.63, 3.8) is 0 Å². The van der Waals surface area contributed by atoms with Crippen molar-refractivity contribution in [2.75, 3.05) is 20.8 Å². The highest BCUT2D eigenvalue weighted by Gasteiger charge is 2.35. The Hall–Kier alpha value is -5.48. The van der Waals surface area contributed by atoms with Gasteiger partial charge in [0, 0.05) is 17.2 Å². The van der Waals surface area contributed by atoms with Gasteiger partial charge in [0.2, 0.25) is 0 Å². The van der Waals surface area contributed by atoms with Gasteiger partial charge in [0.15, 0.2) is 4.80 Å². The van der Waals surface area contributed by atoms with Crippen LogP contribution in [0.25, 0.3) is 23.1 Å². The number of hydrogen-bond acceptors (Lipinski definition) is 9. The minimum absolute atomic E-state index is 0.160. The van der Waals surface area contributed by atoms with Crippen LogP contribution in [0.3, 0.4) is 0 Å². The molecule has 6 rings (SSSR count). The number of benzene rings is 3. The molecule has 3 aromatic carbocycles. The Balaban J connectivity index is 1.52. The van der Waals surface area contributed by atoms with E-state index >= 15 is 0 Å². The number of rotatable bonds is 8. The van der Waals surface area contributed by atoms with E-state index in [2.05, 4.69) is 0 Å². The fourth-order valence-electron chi connectivity index (χ4n) is 5.17. The molecule has 10 heteroatoms. The molecule has 5 aromatic rings. The normalized spacial score (nSPS) is 14.5. The molecule has 0 N–H and O–H groups in total. The Bertz CT molecular complexity index is 2110. The minimum atomic E-state index is -0.809. The van der Waals surface area contributed by atoms with Crippen molar-refractivity contribution in [2.45, 2.75) is 13.0 Å². The van der Waals surface area contributed by atoms with E-state index in [9.17, 15) is 14.4 Å². The van der Waals surface area contributed by atoms with E-state index < -0.39 is 18.0 Å². The summed E-state index contributed by atoms with van der Waals surface area (Å²) < 4.78 is 23.7. The van der Waals surface area contributed by atoms with Crippen LogP contribution in [0.15, 0.2) is 111 Å². The van der Waals surface area contributed by atoms with Gasteiger partial charge >= 0.3 is 11.9 Å². The maximum Gasteiger partial charge on any atom is 0.338 e. The Morgan fingerprint density at radius 1 is 0.933 bits per heavy atom. The second-order valence-corrected chi connectivity index (χ2v) is 11.0. The molecule has 3 heterocycles. The molecule has 9 nitrogen and oxygen atoms in total. The van der Waals surface area contributed by atoms with Crippen molar-refractivity contribution in [2.24, 2.45) is 4.99 Å². The molecular weight excluding hydrogens is 592 g/mol. The highest BCUT2D eigenvalue weighted by molar-refractivity contribution is 7.07. The number of thiazole rings is 1. The van der Waals surface area contributed by atoms with Crippen LogP contribution in [0, 0.1) is 0 Å². The number of aromatic nitrogens is 1. The zero-order valence-electron chi connectivity index (χ0n) is 24.7. The highest BCUT2D eigenvalue weighted by Crippen LogP contribution is 2.35. The predicted molar refractivity (Wildman–Crippen MR) is 170 cm³/mol. The van der Waals surface area contributed by atoms with Crippen molar-refractivity contribution < 1.29 is 28.2 Å². The molecule has 0 unspecified atom stereocenters. The SMILES string of the molecule is CCOC(=O)C1=C(c2ccccc2)N=c2s/c(=C\c3ccc(-c4cccc(C(=O)OC)c4)o3)c(=O)n2[C@@H]1c1ccc(OC)cc1. The van der Waals surface area contributed by atoms with Gasteiger partial charge in [-0.15, -0.1) is 0 Å². The number of carbonyl (C=O) groups excluding carboxylic acids is 2. The van der Waals surface area contributed by atoms with E-state index in [1.54, 1.807) is 62.6 Å². The fourth-order valence-corrected chi connectivity index (χ4v) is 6.16. The van der Waals surface area contributed by atoms with Crippen molar-refractivity contribution >= 4 is 35.0 Å². The van der Waals surface area contributed by atoms with E-state index in [0.29, 0.717) is 49.0 Å². The predicted octanol–water partition coefficient (Wildman–Crippen LogP) is 4.99. The molecule has 226 valence electrons. The van der Waals surface area contributed by atoms with E-state index in [-0.39, 0.29) is 17.7 Å². The molecule has 0 aliphatic carbocycles. The van der Waals surface area contributed by atoms with Crippen molar-refractivity contribution in [1.29, 1.82) is 0 Å². The molecule has 45 heavy (non-hydrogen) atoms. The van der Waals surface area contributed by atoms with Gasteiger partial charge in [0.1, 0.15) is 17.3 Å². The van der Waals surface area contributed by atoms with Crippen molar-refractivity contribution in [3.8, 4) is 17.1 Å². The van der Waals surface area contributed by atoms with Gasteiger partial charge in [-0.1, -0.05) is 65.9 Å². The Kier molecular flexibility index (Phi) is 8.30. The first kappa shape index (κ1) is 29.6. The van der Waals surface area contributed by atoms with Crippen LogP contribution in [-0.4, -0.2) is 37.3 Å². The summed E-state index contributed by atoms with van der Waals surface area (Å²) in [5.41, 5.74) is 2.87. The third-order valence-corrected chi connectivity index (χ3v) is 8.26. The molecule has 1 aliphatic rings. The molecule has 0 fully saturated rings. The first-order valence-corrected chi connectivity index (χ1v) is 14.9. The summed E-state index contributed by atoms with van der Waals surface area (Å²) >= 11 is 1.20. The van der Waals surface area contributed by atoms with Crippen molar-refractivity contribution in [1.82, 2.24) is 4.57 Å². The lowest BCUT2D eigenvalue weighted by atomic mass is 9.93. The van der Waals surface area contributed by atoms with Gasteiger partial charge in [-0.3, -0.25) is 9.36 Å². The maximum atomic E-state index is 14.1. The molecule has 0 saturated heterocycles. The number of fused-ring (bicyclic) bond motifs is 1. The number of ether oxygens (including phenoxy) is 3. The second-order valence-electron chi connectivity index (χ2n) is 9.98. The first-order valence-electron chi connectivity index (χ1n) is 14.1. The van der Waals surface area contributed by atoms with E-state index in [1.165, 1.54) is 23.0 Å². The fraction of sp³-hybridized carbons (Fsp3) is 0.143. The average Bonchev–Trinajstić information content (AvgIpc) is 3.68. The Labute approximate surface area is 262 Å². The Morgan fingerprint density at radius 3 is 2.40 bits per heavy atom. The van der Waals surface area contributed by atoms with Crippen LogP contribution in [0.1, 0.15) is 40.2 Å². The summed E-state index contributed by atoms with van der Waals surface area (Å²) in [4.78, 5) is 45.0. The largest absolute Gasteiger partial charge is 0.497 e. The third-order valence-electron chi connectivity index (χ3n) is 7.27. The van der Waals surface area contributed by atoms with Crippen LogP contribution < -0.4 is 19.6 Å². The van der Waals surface area contributed by atoms with Gasteiger partial charge in [-0.2, -0.15) is 0 Å². The number of nitrogens with zero attached hydrogens (tertiary/aromatic N) is 2. The van der Waals surface area contributed by atoms with Crippen LogP contribution in [-0.2, 0) is 14.3 Å². The van der Waals surface area contributed by atoms with Gasteiger partial charge in [-0.05, 0) is 48.9 Å². The number of methoxy groups -OCH3 is 2. The van der Waals surface area contributed by atoms with Crippen LogP contribution >= 0.6 is 11.3 Å². The van der Waals surface area contributed by atoms with Gasteiger partial charge < -0.3 is 18.6 Å². The van der Waals surface area contributed by atoms with E-state index in [0.717, 1.165) is 5.56 Å². The minimum Gasteiger partial charge on any atom is -0.497 e. The van der Waals surface area contributed by atoms with Crippen LogP contribution in [0.4, 0.5) is 0 Å². The van der Waals surface area contributed by atoms with E-state index in [1.807, 2.05) is 48.5 Å². The summed E-state index contributed by atoms with van der Waals surface area (Å²) in [6.07, 6.45) is 1.65. The zero-order chi connectivity index (χ0) is 31.5. The average molecular weight is 621 g/mol. The lowest BCUT2D eigenvalue weighted by Crippen LogP contribution is -2.40. The summed E-state index contributed by atoms with van der Waals surface area (Å²) in [6, 6.07) is 26.2. The molecule has 1 aliphatic heterocycles. The lowest BCUT2D eigenvalue weighted by Gasteiger charge is -2.26. The third kappa shape index (κ3) is 5.75. The van der Waals surface area contributed by atoms with Gasteiger partial charge in [0.05, 0.1) is 48.2 Å². The number of esters is 2. The molecule has 0 amide bonds. The molecule has 2 aromatic heterocycles. The topological polar surface area (TPSA) is 109 Å². The molecular formula is C35H28N2O7S. The molecule has 0 spiro atoms. The van der Waals surface area contributed by atoms with Crippen molar-refractivity contribution in [3.05, 3.63) is 139 Å². The second kappa shape index (κ2) is 12.6. The first-order chi connectivity index (χ1) is 21.9. The number of hydrogen-bond donors (Lipinski definition) is 0. The quantitative estimate of drug-likeness (QED) is 0.225. The standard InChI is InChI=1S/C35H28N2O7S/c1-4-43-34(40)29-30(21-9-6-5-7-10-21)36-35-37(31(29)22-13-15-25(41-2)16-14-22)32(38)28(45-35)20-26-17-18-27(44-26)23-11-8-12-24(19-23)33(39)42-3/h5-20,31H,4H2,1-3H3/b28-20-/t31-/m1/s1. The smallest absolute Gasteiger partial charge is 0.338 e. The summed E-state index contributed by atoms with van der Waals surface area (Å²) in [5.74, 6) is 0.592. The van der Waals surface area contributed by atoms with Gasteiger partial charge in [-0.25, -0.2) is 14.6 Å². The van der Waals surface area contributed by atoms with Crippen LogP contribution in [0.5, 0.6) is 5.75 Å². The zero-order valence-corrected chi connectivity index (χ0v) is 25.5.